The first-order valence-electron chi connectivity index (χ1n) is 5.27. The van der Waals surface area contributed by atoms with Crippen molar-refractivity contribution in [2.45, 2.75) is 5.88 Å². The minimum atomic E-state index is 0.302. The summed E-state index contributed by atoms with van der Waals surface area (Å²) in [5.41, 5.74) is 1.53. The molecule has 3 rings (SSSR count). The van der Waals surface area contributed by atoms with Crippen LogP contribution in [0.25, 0.3) is 11.3 Å². The molecule has 1 aromatic carbocycles. The summed E-state index contributed by atoms with van der Waals surface area (Å²) in [5, 5.41) is 0. The van der Waals surface area contributed by atoms with E-state index >= 15 is 0 Å². The molecule has 0 saturated heterocycles. The van der Waals surface area contributed by atoms with E-state index in [1.165, 1.54) is 6.39 Å². The molecule has 1 aromatic heterocycles. The molecule has 0 radical (unpaired) electrons. The van der Waals surface area contributed by atoms with E-state index in [1.54, 1.807) is 0 Å². The van der Waals surface area contributed by atoms with E-state index in [0.29, 0.717) is 36.3 Å². The fourth-order valence-electron chi connectivity index (χ4n) is 1.84. The van der Waals surface area contributed by atoms with E-state index in [-0.39, 0.29) is 0 Å². The Bertz CT molecular complexity index is 538. The quantitative estimate of drug-likeness (QED) is 0.770. The maximum atomic E-state index is 5.81. The largest absolute Gasteiger partial charge is 0.486 e. The average molecular weight is 252 g/mol. The standard InChI is InChI=1S/C12H10ClNO3/c13-6-9-11(17-7-14-9)8-2-1-3-10-12(8)16-5-4-15-10/h1-3,7H,4-6H2. The smallest absolute Gasteiger partial charge is 0.181 e. The number of oxazole rings is 1. The molecule has 2 aromatic rings. The van der Waals surface area contributed by atoms with Gasteiger partial charge in [0.25, 0.3) is 0 Å². The van der Waals surface area contributed by atoms with E-state index in [2.05, 4.69) is 4.98 Å². The lowest BCUT2D eigenvalue weighted by Gasteiger charge is -2.20. The van der Waals surface area contributed by atoms with Crippen LogP contribution in [0.5, 0.6) is 11.5 Å². The highest BCUT2D eigenvalue weighted by molar-refractivity contribution is 6.17. The lowest BCUT2D eigenvalue weighted by Crippen LogP contribution is -2.15. The van der Waals surface area contributed by atoms with Gasteiger partial charge in [-0.1, -0.05) is 6.07 Å². The molecule has 0 fully saturated rings. The number of hydrogen-bond donors (Lipinski definition) is 0. The lowest BCUT2D eigenvalue weighted by molar-refractivity contribution is 0.172. The summed E-state index contributed by atoms with van der Waals surface area (Å²) in [6.45, 7) is 1.10. The molecule has 0 N–H and O–H groups in total. The normalized spacial score (nSPS) is 13.7. The van der Waals surface area contributed by atoms with Crippen molar-refractivity contribution in [3.05, 3.63) is 30.3 Å². The summed E-state index contributed by atoms with van der Waals surface area (Å²) in [7, 11) is 0. The van der Waals surface area contributed by atoms with Gasteiger partial charge in [-0.15, -0.1) is 11.6 Å². The second-order valence-corrected chi connectivity index (χ2v) is 3.86. The number of alkyl halides is 1. The highest BCUT2D eigenvalue weighted by Gasteiger charge is 2.20. The summed E-state index contributed by atoms with van der Waals surface area (Å²) in [6.07, 6.45) is 1.39. The predicted molar refractivity (Wildman–Crippen MR) is 62.5 cm³/mol. The van der Waals surface area contributed by atoms with Gasteiger partial charge < -0.3 is 13.9 Å². The van der Waals surface area contributed by atoms with Gasteiger partial charge in [-0.2, -0.15) is 0 Å². The number of para-hydroxylation sites is 1. The van der Waals surface area contributed by atoms with E-state index < -0.39 is 0 Å². The summed E-state index contributed by atoms with van der Waals surface area (Å²) < 4.78 is 16.5. The molecule has 1 aliphatic rings. The Morgan fingerprint density at radius 1 is 1.24 bits per heavy atom. The van der Waals surface area contributed by atoms with Crippen molar-refractivity contribution in [2.24, 2.45) is 0 Å². The fraction of sp³-hybridized carbons (Fsp3) is 0.250. The van der Waals surface area contributed by atoms with Gasteiger partial charge in [0.2, 0.25) is 0 Å². The van der Waals surface area contributed by atoms with Crippen LogP contribution in [0.15, 0.2) is 29.0 Å². The zero-order valence-corrected chi connectivity index (χ0v) is 9.74. The maximum Gasteiger partial charge on any atom is 0.181 e. The van der Waals surface area contributed by atoms with Gasteiger partial charge in [-0.3, -0.25) is 0 Å². The van der Waals surface area contributed by atoms with Crippen molar-refractivity contribution in [1.29, 1.82) is 0 Å². The highest BCUT2D eigenvalue weighted by atomic mass is 35.5. The minimum absolute atomic E-state index is 0.302. The van der Waals surface area contributed by atoms with E-state index in [0.717, 1.165) is 11.3 Å². The topological polar surface area (TPSA) is 44.5 Å². The number of benzene rings is 1. The van der Waals surface area contributed by atoms with E-state index in [9.17, 15) is 0 Å². The van der Waals surface area contributed by atoms with Crippen molar-refractivity contribution >= 4 is 11.6 Å². The summed E-state index contributed by atoms with van der Waals surface area (Å²) in [6, 6.07) is 5.67. The monoisotopic (exact) mass is 251 g/mol. The van der Waals surface area contributed by atoms with Gasteiger partial charge in [-0.05, 0) is 12.1 Å². The van der Waals surface area contributed by atoms with Crippen LogP contribution in [0.1, 0.15) is 5.69 Å². The molecule has 0 saturated carbocycles. The minimum Gasteiger partial charge on any atom is -0.486 e. The number of nitrogens with zero attached hydrogens (tertiary/aromatic N) is 1. The summed E-state index contributed by atoms with van der Waals surface area (Å²) in [5.74, 6) is 2.37. The molecule has 0 aliphatic carbocycles. The molecule has 0 amide bonds. The van der Waals surface area contributed by atoms with Crippen molar-refractivity contribution in [3.63, 3.8) is 0 Å². The highest BCUT2D eigenvalue weighted by Crippen LogP contribution is 2.40. The third kappa shape index (κ3) is 1.74. The van der Waals surface area contributed by atoms with Gasteiger partial charge in [0, 0.05) is 0 Å². The number of halogens is 1. The zero-order chi connectivity index (χ0) is 11.7. The molecule has 0 bridgehead atoms. The first kappa shape index (κ1) is 10.5. The van der Waals surface area contributed by atoms with Gasteiger partial charge in [0.1, 0.15) is 18.9 Å². The lowest BCUT2D eigenvalue weighted by atomic mass is 10.1. The average Bonchev–Trinajstić information content (AvgIpc) is 2.86. The second kappa shape index (κ2) is 4.30. The molecule has 0 spiro atoms. The Hall–Kier alpha value is -1.68. The number of ether oxygens (including phenoxy) is 2. The molecule has 2 heterocycles. The Morgan fingerprint density at radius 3 is 3.00 bits per heavy atom. The van der Waals surface area contributed by atoms with E-state index in [4.69, 9.17) is 25.5 Å². The first-order valence-corrected chi connectivity index (χ1v) is 5.81. The third-order valence-corrected chi connectivity index (χ3v) is 2.83. The van der Waals surface area contributed by atoms with Crippen molar-refractivity contribution in [2.75, 3.05) is 13.2 Å². The van der Waals surface area contributed by atoms with E-state index in [1.807, 2.05) is 18.2 Å². The van der Waals surface area contributed by atoms with Crippen LogP contribution in [0, 0.1) is 0 Å². The zero-order valence-electron chi connectivity index (χ0n) is 8.98. The van der Waals surface area contributed by atoms with Crippen LogP contribution < -0.4 is 9.47 Å². The summed E-state index contributed by atoms with van der Waals surface area (Å²) >= 11 is 5.81. The van der Waals surface area contributed by atoms with Crippen LogP contribution in [0.4, 0.5) is 0 Å². The predicted octanol–water partition coefficient (Wildman–Crippen LogP) is 2.85. The number of aromatic nitrogens is 1. The maximum absolute atomic E-state index is 5.81. The molecule has 1 aliphatic heterocycles. The number of rotatable bonds is 2. The van der Waals surface area contributed by atoms with Crippen LogP contribution in [-0.4, -0.2) is 18.2 Å². The van der Waals surface area contributed by atoms with Gasteiger partial charge in [-0.25, -0.2) is 4.98 Å². The summed E-state index contributed by atoms with van der Waals surface area (Å²) in [4.78, 5) is 4.06. The molecule has 4 nitrogen and oxygen atoms in total. The van der Waals surface area contributed by atoms with Crippen molar-refractivity contribution in [3.8, 4) is 22.8 Å². The molecule has 17 heavy (non-hydrogen) atoms. The second-order valence-electron chi connectivity index (χ2n) is 3.59. The molecule has 0 atom stereocenters. The third-order valence-electron chi connectivity index (χ3n) is 2.58. The fourth-order valence-corrected chi connectivity index (χ4v) is 2.03. The first-order chi connectivity index (χ1) is 8.40. The van der Waals surface area contributed by atoms with Gasteiger partial charge in [0.05, 0.1) is 11.4 Å². The van der Waals surface area contributed by atoms with Crippen LogP contribution in [0.2, 0.25) is 0 Å². The van der Waals surface area contributed by atoms with Crippen LogP contribution in [-0.2, 0) is 5.88 Å². The van der Waals surface area contributed by atoms with Gasteiger partial charge in [0.15, 0.2) is 23.7 Å². The number of fused-ring (bicyclic) bond motifs is 1. The molecule has 88 valence electrons. The number of hydrogen-bond acceptors (Lipinski definition) is 4. The molecular weight excluding hydrogens is 242 g/mol. The SMILES string of the molecule is ClCc1ncoc1-c1cccc2c1OCCO2. The molecular formula is C12H10ClNO3. The Kier molecular flexibility index (Phi) is 2.65. The molecule has 5 heteroatoms. The Balaban J connectivity index is 2.14. The van der Waals surface area contributed by atoms with Crippen molar-refractivity contribution < 1.29 is 13.9 Å². The van der Waals surface area contributed by atoms with Crippen LogP contribution >= 0.6 is 11.6 Å². The van der Waals surface area contributed by atoms with Crippen molar-refractivity contribution in [1.82, 2.24) is 4.98 Å². The molecule has 0 unspecified atom stereocenters. The Morgan fingerprint density at radius 2 is 2.12 bits per heavy atom. The van der Waals surface area contributed by atoms with Crippen LogP contribution in [0.3, 0.4) is 0 Å². The van der Waals surface area contributed by atoms with Gasteiger partial charge >= 0.3 is 0 Å². The Labute approximate surface area is 103 Å².